The topological polar surface area (TPSA) is 99.6 Å². The largest absolute Gasteiger partial charge is 0.494 e. The Hall–Kier alpha value is -3.17. The van der Waals surface area contributed by atoms with E-state index >= 15 is 0 Å². The van der Waals surface area contributed by atoms with Crippen molar-refractivity contribution >= 4 is 23.4 Å². The fourth-order valence-electron chi connectivity index (χ4n) is 8.08. The van der Waals surface area contributed by atoms with E-state index in [1.807, 2.05) is 67.3 Å². The van der Waals surface area contributed by atoms with Crippen molar-refractivity contribution in [3.05, 3.63) is 48.6 Å². The first-order valence-electron chi connectivity index (χ1n) is 15.4. The van der Waals surface area contributed by atoms with Crippen molar-refractivity contribution in [3.63, 3.8) is 0 Å². The molecule has 6 atom stereocenters. The molecule has 1 aromatic carbocycles. The molecule has 1 N–H and O–H groups in total. The molecular weight excluding hydrogens is 546 g/mol. The molecule has 9 heteroatoms. The van der Waals surface area contributed by atoms with Crippen LogP contribution in [0, 0.1) is 17.3 Å². The van der Waals surface area contributed by atoms with Crippen LogP contribution in [0.15, 0.2) is 48.6 Å². The van der Waals surface area contributed by atoms with Gasteiger partial charge in [0.15, 0.2) is 0 Å². The van der Waals surface area contributed by atoms with Crippen molar-refractivity contribution in [3.8, 4) is 5.75 Å². The van der Waals surface area contributed by atoms with Crippen LogP contribution < -0.4 is 9.64 Å². The minimum Gasteiger partial charge on any atom is -0.494 e. The van der Waals surface area contributed by atoms with Gasteiger partial charge in [0.25, 0.3) is 0 Å². The van der Waals surface area contributed by atoms with Gasteiger partial charge in [0.2, 0.25) is 17.7 Å². The van der Waals surface area contributed by atoms with Crippen LogP contribution in [-0.4, -0.2) is 87.8 Å². The Labute approximate surface area is 255 Å². The van der Waals surface area contributed by atoms with E-state index in [1.54, 1.807) is 11.8 Å². The molecule has 1 unspecified atom stereocenters. The molecule has 234 valence electrons. The summed E-state index contributed by atoms with van der Waals surface area (Å²) in [6, 6.07) is 5.68. The molecule has 2 fully saturated rings. The molecule has 43 heavy (non-hydrogen) atoms. The molecule has 3 amide bonds. The first-order chi connectivity index (χ1) is 20.1. The predicted molar refractivity (Wildman–Crippen MR) is 164 cm³/mol. The fourth-order valence-corrected chi connectivity index (χ4v) is 8.08. The van der Waals surface area contributed by atoms with E-state index in [0.29, 0.717) is 31.1 Å². The van der Waals surface area contributed by atoms with Gasteiger partial charge < -0.3 is 29.3 Å². The Morgan fingerprint density at radius 3 is 2.23 bits per heavy atom. The number of likely N-dealkylation sites (tertiary alicyclic amines) is 1. The van der Waals surface area contributed by atoms with Crippen LogP contribution in [-0.2, 0) is 19.1 Å². The average molecular weight is 594 g/mol. The maximum Gasteiger partial charge on any atom is 0.249 e. The first kappa shape index (κ1) is 31.3. The number of hydrogen-bond acceptors (Lipinski definition) is 6. The molecular formula is C34H47N3O6. The molecule has 0 radical (unpaired) electrons. The molecule has 0 saturated carbocycles. The van der Waals surface area contributed by atoms with Crippen LogP contribution in [0.5, 0.6) is 5.75 Å². The smallest absolute Gasteiger partial charge is 0.249 e. The van der Waals surface area contributed by atoms with E-state index in [1.165, 1.54) is 4.90 Å². The average Bonchev–Trinajstić information content (AvgIpc) is 3.19. The summed E-state index contributed by atoms with van der Waals surface area (Å²) < 4.78 is 12.5. The Morgan fingerprint density at radius 1 is 0.977 bits per heavy atom. The van der Waals surface area contributed by atoms with E-state index in [0.717, 1.165) is 6.42 Å². The highest BCUT2D eigenvalue weighted by atomic mass is 16.5. The number of aliphatic hydroxyl groups is 1. The Kier molecular flexibility index (Phi) is 7.83. The third kappa shape index (κ3) is 5.08. The van der Waals surface area contributed by atoms with Gasteiger partial charge >= 0.3 is 0 Å². The van der Waals surface area contributed by atoms with Gasteiger partial charge in [-0.1, -0.05) is 45.1 Å². The highest BCUT2D eigenvalue weighted by Gasteiger charge is 2.75. The standard InChI is InChI=1S/C34H47N3O6/c1-9-42-24-14-12-23(13-15-24)35-18-10-16-33(8)25(28(35)39)26-29(40)37(22(2)20-38)27-30(41)36(19-11-17-34(26,27)43-33)32(6,7)21-31(3,4)5/h10-17,22,25-27,38H,9,18-21H2,1-8H3/t22-,25-,26+,27?,33+,34+/m1/s1. The van der Waals surface area contributed by atoms with E-state index in [-0.39, 0.29) is 29.7 Å². The predicted octanol–water partition coefficient (Wildman–Crippen LogP) is 3.95. The van der Waals surface area contributed by atoms with Crippen LogP contribution in [0.1, 0.15) is 61.8 Å². The highest BCUT2D eigenvalue weighted by molar-refractivity contribution is 6.04. The molecule has 9 nitrogen and oxygen atoms in total. The number of carbonyl (C=O) groups excluding carboxylic acids is 3. The third-order valence-electron chi connectivity index (χ3n) is 9.39. The summed E-state index contributed by atoms with van der Waals surface area (Å²) in [5, 5.41) is 10.3. The number of hydrogen-bond donors (Lipinski definition) is 1. The van der Waals surface area contributed by atoms with Crippen LogP contribution in [0.2, 0.25) is 0 Å². The van der Waals surface area contributed by atoms with Crippen molar-refractivity contribution in [1.82, 2.24) is 9.80 Å². The SMILES string of the molecule is CCOc1ccc(N2CC=C[C@]3(C)O[C@]45C=CCN(C(C)(C)CC(C)(C)C)C(=O)C4N([C@H](C)CO)C(=O)[C@@H]5[C@@H]3C2=O)cc1. The van der Waals surface area contributed by atoms with Gasteiger partial charge in [0.05, 0.1) is 36.7 Å². The summed E-state index contributed by atoms with van der Waals surface area (Å²) >= 11 is 0. The lowest BCUT2D eigenvalue weighted by Crippen LogP contribution is -2.61. The molecule has 4 heterocycles. The second-order valence-electron chi connectivity index (χ2n) is 14.5. The van der Waals surface area contributed by atoms with Gasteiger partial charge in [0, 0.05) is 24.3 Å². The normalized spacial score (nSPS) is 31.5. The van der Waals surface area contributed by atoms with E-state index in [4.69, 9.17) is 9.47 Å². The lowest BCUT2D eigenvalue weighted by molar-refractivity contribution is -0.157. The maximum atomic E-state index is 14.7. The lowest BCUT2D eigenvalue weighted by atomic mass is 9.74. The van der Waals surface area contributed by atoms with Gasteiger partial charge in [-0.15, -0.1) is 0 Å². The third-order valence-corrected chi connectivity index (χ3v) is 9.39. The molecule has 0 aromatic heterocycles. The van der Waals surface area contributed by atoms with E-state index in [2.05, 4.69) is 34.6 Å². The van der Waals surface area contributed by atoms with Gasteiger partial charge in [-0.25, -0.2) is 0 Å². The summed E-state index contributed by atoms with van der Waals surface area (Å²) in [6.45, 7) is 16.9. The van der Waals surface area contributed by atoms with E-state index in [9.17, 15) is 19.5 Å². The number of benzene rings is 1. The Bertz CT molecular complexity index is 1330. The molecule has 2 saturated heterocycles. The monoisotopic (exact) mass is 593 g/mol. The Balaban J connectivity index is 1.60. The molecule has 0 aliphatic carbocycles. The molecule has 4 aliphatic heterocycles. The van der Waals surface area contributed by atoms with Crippen molar-refractivity contribution in [2.45, 2.75) is 90.6 Å². The molecule has 1 aromatic rings. The summed E-state index contributed by atoms with van der Waals surface area (Å²) in [7, 11) is 0. The van der Waals surface area contributed by atoms with Crippen LogP contribution >= 0.6 is 0 Å². The van der Waals surface area contributed by atoms with Gasteiger partial charge in [-0.05, 0) is 70.7 Å². The summed E-state index contributed by atoms with van der Waals surface area (Å²) in [4.78, 5) is 48.8. The zero-order valence-electron chi connectivity index (χ0n) is 26.8. The number of fused-ring (bicyclic) bond motifs is 2. The van der Waals surface area contributed by atoms with Crippen LogP contribution in [0.3, 0.4) is 0 Å². The zero-order chi connectivity index (χ0) is 31.5. The van der Waals surface area contributed by atoms with Crippen molar-refractivity contribution < 1.29 is 29.0 Å². The van der Waals surface area contributed by atoms with Gasteiger partial charge in [-0.2, -0.15) is 0 Å². The van der Waals surface area contributed by atoms with Crippen molar-refractivity contribution in [2.24, 2.45) is 17.3 Å². The number of nitrogens with zero attached hydrogens (tertiary/aromatic N) is 3. The highest BCUT2D eigenvalue weighted by Crippen LogP contribution is 2.58. The van der Waals surface area contributed by atoms with Gasteiger partial charge in [-0.3, -0.25) is 14.4 Å². The van der Waals surface area contributed by atoms with Crippen molar-refractivity contribution in [2.75, 3.05) is 31.2 Å². The number of aliphatic hydroxyl groups excluding tert-OH is 1. The number of amides is 3. The second kappa shape index (κ2) is 10.8. The zero-order valence-corrected chi connectivity index (χ0v) is 26.8. The molecule has 0 bridgehead atoms. The summed E-state index contributed by atoms with van der Waals surface area (Å²) in [5.74, 6) is -1.92. The van der Waals surface area contributed by atoms with Crippen molar-refractivity contribution in [1.29, 1.82) is 0 Å². The minimum absolute atomic E-state index is 0.0460. The van der Waals surface area contributed by atoms with Gasteiger partial charge in [0.1, 0.15) is 17.4 Å². The van der Waals surface area contributed by atoms with Crippen LogP contribution in [0.25, 0.3) is 0 Å². The first-order valence-corrected chi connectivity index (χ1v) is 15.4. The second-order valence-corrected chi connectivity index (χ2v) is 14.5. The summed E-state index contributed by atoms with van der Waals surface area (Å²) in [6.07, 6.45) is 8.30. The quantitative estimate of drug-likeness (QED) is 0.481. The van der Waals surface area contributed by atoms with Crippen LogP contribution in [0.4, 0.5) is 5.69 Å². The number of ether oxygens (including phenoxy) is 2. The summed E-state index contributed by atoms with van der Waals surface area (Å²) in [5.41, 5.74) is -2.37. The number of carbonyl (C=O) groups is 3. The minimum atomic E-state index is -1.37. The fraction of sp³-hybridized carbons (Fsp3) is 0.618. The molecule has 1 spiro atoms. The Morgan fingerprint density at radius 2 is 1.63 bits per heavy atom. The number of anilines is 1. The molecule has 5 rings (SSSR count). The van der Waals surface area contributed by atoms with E-state index < -0.39 is 40.7 Å². The number of rotatable bonds is 7. The maximum absolute atomic E-state index is 14.7. The lowest BCUT2D eigenvalue weighted by Gasteiger charge is -2.45. The molecule has 4 aliphatic rings.